The molecule has 1 aromatic carbocycles. The van der Waals surface area contributed by atoms with E-state index in [-0.39, 0.29) is 5.75 Å². The lowest BCUT2D eigenvalue weighted by Gasteiger charge is -2.17. The van der Waals surface area contributed by atoms with Gasteiger partial charge in [0.15, 0.2) is 0 Å². The molecule has 0 fully saturated rings. The molecule has 156 valence electrons. The molecule has 0 aromatic heterocycles. The first kappa shape index (κ1) is 23.8. The minimum absolute atomic E-state index is 0.239. The first-order chi connectivity index (χ1) is 12.4. The van der Waals surface area contributed by atoms with Crippen molar-refractivity contribution in [2.75, 3.05) is 0 Å². The normalized spacial score (nSPS) is 13.0. The summed E-state index contributed by atoms with van der Waals surface area (Å²) in [6.45, 7) is 6.73. The average Bonchev–Trinajstić information content (AvgIpc) is 2.52. The Hall–Kier alpha value is -1.24. The molecule has 0 aliphatic rings. The molecule has 0 unspecified atom stereocenters. The van der Waals surface area contributed by atoms with E-state index in [0.29, 0.717) is 17.4 Å². The zero-order chi connectivity index (χ0) is 20.6. The fourth-order valence-electron chi connectivity index (χ4n) is 2.81. The van der Waals surface area contributed by atoms with Crippen LogP contribution in [-0.2, 0) is 16.5 Å². The Balaban J connectivity index is 2.34. The van der Waals surface area contributed by atoms with Crippen molar-refractivity contribution in [1.29, 1.82) is 0 Å². The highest BCUT2D eigenvalue weighted by molar-refractivity contribution is 7.88. The molecule has 7 heteroatoms. The number of halogens is 3. The third kappa shape index (κ3) is 9.49. The number of unbranched alkanes of at least 4 members (excludes halogenated alkanes) is 6. The van der Waals surface area contributed by atoms with Gasteiger partial charge in [0.05, 0.1) is 0 Å². The van der Waals surface area contributed by atoms with E-state index >= 15 is 0 Å². The first-order valence-corrected chi connectivity index (χ1v) is 10.9. The summed E-state index contributed by atoms with van der Waals surface area (Å²) in [5, 5.41) is 0. The maximum Gasteiger partial charge on any atom is 0.534 e. The summed E-state index contributed by atoms with van der Waals surface area (Å²) < 4.78 is 64.1. The molecule has 27 heavy (non-hydrogen) atoms. The SMILES string of the molecule is CC(C)(C)CCCCCCCCCc1ccccc1OS(=O)(=O)C(F)(F)F. The Labute approximate surface area is 161 Å². The Morgan fingerprint density at radius 3 is 1.93 bits per heavy atom. The van der Waals surface area contributed by atoms with Crippen molar-refractivity contribution >= 4 is 10.1 Å². The highest BCUT2D eigenvalue weighted by Gasteiger charge is 2.48. The van der Waals surface area contributed by atoms with E-state index in [1.165, 1.54) is 37.8 Å². The maximum absolute atomic E-state index is 12.5. The molecule has 0 amide bonds. The Kier molecular flexibility index (Phi) is 9.12. The van der Waals surface area contributed by atoms with Gasteiger partial charge in [0.25, 0.3) is 0 Å². The molecule has 1 aromatic rings. The van der Waals surface area contributed by atoms with Crippen LogP contribution in [-0.4, -0.2) is 13.9 Å². The van der Waals surface area contributed by atoms with Gasteiger partial charge < -0.3 is 4.18 Å². The molecule has 1 rings (SSSR count). The van der Waals surface area contributed by atoms with Crippen molar-refractivity contribution in [3.63, 3.8) is 0 Å². The second-order valence-corrected chi connectivity index (χ2v) is 9.66. The summed E-state index contributed by atoms with van der Waals surface area (Å²) in [5.41, 5.74) is -4.56. The topological polar surface area (TPSA) is 43.4 Å². The largest absolute Gasteiger partial charge is 0.534 e. The van der Waals surface area contributed by atoms with Crippen LogP contribution in [0.4, 0.5) is 13.2 Å². The summed E-state index contributed by atoms with van der Waals surface area (Å²) >= 11 is 0. The third-order valence-corrected chi connectivity index (χ3v) is 5.29. The third-order valence-electron chi connectivity index (χ3n) is 4.33. The summed E-state index contributed by atoms with van der Waals surface area (Å²) in [7, 11) is -5.63. The molecule has 0 N–H and O–H groups in total. The van der Waals surface area contributed by atoms with Gasteiger partial charge in [0, 0.05) is 0 Å². The summed E-state index contributed by atoms with van der Waals surface area (Å²) in [4.78, 5) is 0. The first-order valence-electron chi connectivity index (χ1n) is 9.51. The molecular formula is C20H31F3O3S. The van der Waals surface area contributed by atoms with E-state index < -0.39 is 15.6 Å². The monoisotopic (exact) mass is 408 g/mol. The lowest BCUT2D eigenvalue weighted by Crippen LogP contribution is -2.28. The summed E-state index contributed by atoms with van der Waals surface area (Å²) in [5.74, 6) is -0.239. The number of rotatable bonds is 11. The molecule has 0 heterocycles. The van der Waals surface area contributed by atoms with Crippen molar-refractivity contribution < 1.29 is 25.8 Å². The molecule has 0 aliphatic carbocycles. The summed E-state index contributed by atoms with van der Waals surface area (Å²) in [6, 6.07) is 5.99. The van der Waals surface area contributed by atoms with Crippen molar-refractivity contribution in [3.05, 3.63) is 29.8 Å². The molecule has 0 spiro atoms. The van der Waals surface area contributed by atoms with Crippen molar-refractivity contribution in [2.45, 2.75) is 84.1 Å². The lowest BCUT2D eigenvalue weighted by atomic mass is 9.89. The van der Waals surface area contributed by atoms with Crippen LogP contribution in [0.25, 0.3) is 0 Å². The van der Waals surface area contributed by atoms with Gasteiger partial charge in [-0.05, 0) is 36.3 Å². The Morgan fingerprint density at radius 1 is 0.852 bits per heavy atom. The van der Waals surface area contributed by atoms with Crippen LogP contribution in [0.15, 0.2) is 24.3 Å². The zero-order valence-corrected chi connectivity index (χ0v) is 17.3. The summed E-state index contributed by atoms with van der Waals surface area (Å²) in [6.07, 6.45) is 9.33. The molecule has 0 atom stereocenters. The fourth-order valence-corrected chi connectivity index (χ4v) is 3.31. The molecule has 0 bridgehead atoms. The van der Waals surface area contributed by atoms with Gasteiger partial charge in [0.1, 0.15) is 5.75 Å². The van der Waals surface area contributed by atoms with Crippen molar-refractivity contribution in [2.24, 2.45) is 5.41 Å². The standard InChI is InChI=1S/C20H31F3O3S/c1-19(2,3)16-12-8-6-4-5-7-9-13-17-14-10-11-15-18(17)26-27(24,25)20(21,22)23/h10-11,14-15H,4-9,12-13,16H2,1-3H3. The second-order valence-electron chi connectivity index (χ2n) is 8.13. The van der Waals surface area contributed by atoms with Crippen LogP contribution in [0.5, 0.6) is 5.75 Å². The van der Waals surface area contributed by atoms with E-state index in [1.54, 1.807) is 12.1 Å². The van der Waals surface area contributed by atoms with E-state index in [0.717, 1.165) is 25.7 Å². The van der Waals surface area contributed by atoms with Crippen LogP contribution in [0.3, 0.4) is 0 Å². The van der Waals surface area contributed by atoms with Crippen molar-refractivity contribution in [3.8, 4) is 5.75 Å². The fraction of sp³-hybridized carbons (Fsp3) is 0.700. The minimum Gasteiger partial charge on any atom is -0.376 e. The average molecular weight is 409 g/mol. The molecule has 0 saturated carbocycles. The van der Waals surface area contributed by atoms with Crippen LogP contribution in [0.1, 0.15) is 77.7 Å². The van der Waals surface area contributed by atoms with Gasteiger partial charge >= 0.3 is 15.6 Å². The van der Waals surface area contributed by atoms with Gasteiger partial charge in [-0.15, -0.1) is 0 Å². The molecule has 3 nitrogen and oxygen atoms in total. The van der Waals surface area contributed by atoms with Crippen LogP contribution in [0, 0.1) is 5.41 Å². The van der Waals surface area contributed by atoms with Crippen LogP contribution in [0.2, 0.25) is 0 Å². The quantitative estimate of drug-likeness (QED) is 0.235. The highest BCUT2D eigenvalue weighted by Crippen LogP contribution is 2.29. The van der Waals surface area contributed by atoms with E-state index in [2.05, 4.69) is 25.0 Å². The predicted octanol–water partition coefficient (Wildman–Crippen LogP) is 6.62. The van der Waals surface area contributed by atoms with Crippen molar-refractivity contribution in [1.82, 2.24) is 0 Å². The molecule has 0 saturated heterocycles. The van der Waals surface area contributed by atoms with Gasteiger partial charge in [-0.3, -0.25) is 0 Å². The van der Waals surface area contributed by atoms with Gasteiger partial charge in [-0.25, -0.2) is 0 Å². The minimum atomic E-state index is -5.63. The maximum atomic E-state index is 12.5. The number of alkyl halides is 3. The molecule has 0 aliphatic heterocycles. The lowest BCUT2D eigenvalue weighted by molar-refractivity contribution is -0.0500. The van der Waals surface area contributed by atoms with Gasteiger partial charge in [0.2, 0.25) is 0 Å². The smallest absolute Gasteiger partial charge is 0.376 e. The Bertz CT molecular complexity index is 662. The highest BCUT2D eigenvalue weighted by atomic mass is 32.2. The number of benzene rings is 1. The second kappa shape index (κ2) is 10.3. The molecular weight excluding hydrogens is 377 g/mol. The van der Waals surface area contributed by atoms with Crippen LogP contribution < -0.4 is 4.18 Å². The van der Waals surface area contributed by atoms with Crippen LogP contribution >= 0.6 is 0 Å². The number of hydrogen-bond donors (Lipinski definition) is 0. The van der Waals surface area contributed by atoms with Gasteiger partial charge in [-0.2, -0.15) is 21.6 Å². The number of hydrogen-bond acceptors (Lipinski definition) is 3. The zero-order valence-electron chi connectivity index (χ0n) is 16.4. The Morgan fingerprint density at radius 2 is 1.37 bits per heavy atom. The van der Waals surface area contributed by atoms with Gasteiger partial charge in [-0.1, -0.05) is 77.5 Å². The number of para-hydroxylation sites is 1. The van der Waals surface area contributed by atoms with E-state index in [4.69, 9.17) is 0 Å². The number of aryl methyl sites for hydroxylation is 1. The molecule has 0 radical (unpaired) electrons. The van der Waals surface area contributed by atoms with E-state index in [9.17, 15) is 21.6 Å². The predicted molar refractivity (Wildman–Crippen MR) is 102 cm³/mol. The van der Waals surface area contributed by atoms with E-state index in [1.807, 2.05) is 0 Å².